The molecule has 1 fully saturated rings. The number of imide groups is 1. The van der Waals surface area contributed by atoms with E-state index in [9.17, 15) is 14.4 Å². The van der Waals surface area contributed by atoms with E-state index in [2.05, 4.69) is 0 Å². The Morgan fingerprint density at radius 2 is 1.24 bits per heavy atom. The third kappa shape index (κ3) is 3.87. The van der Waals surface area contributed by atoms with E-state index >= 15 is 0 Å². The van der Waals surface area contributed by atoms with Gasteiger partial charge in [-0.3, -0.25) is 19.3 Å². The van der Waals surface area contributed by atoms with Crippen LogP contribution in [0.5, 0.6) is 0 Å². The molecule has 0 bridgehead atoms. The average Bonchev–Trinajstić information content (AvgIpc) is 3.15. The zero-order valence-electron chi connectivity index (χ0n) is 20.2. The molecule has 1 unspecified atom stereocenters. The van der Waals surface area contributed by atoms with Crippen LogP contribution in [0.4, 0.5) is 0 Å². The van der Waals surface area contributed by atoms with Gasteiger partial charge >= 0.3 is 0 Å². The van der Waals surface area contributed by atoms with Crippen LogP contribution < -0.4 is 0 Å². The number of likely N-dealkylation sites (tertiary alicyclic amines) is 1. The first-order valence-corrected chi connectivity index (χ1v) is 11.9. The van der Waals surface area contributed by atoms with Crippen molar-refractivity contribution >= 4 is 17.6 Å². The molecule has 1 saturated heterocycles. The molecule has 4 nitrogen and oxygen atoms in total. The van der Waals surface area contributed by atoms with Gasteiger partial charge in [-0.1, -0.05) is 113 Å². The fourth-order valence-corrected chi connectivity index (χ4v) is 4.98. The van der Waals surface area contributed by atoms with Gasteiger partial charge in [-0.15, -0.1) is 0 Å². The number of Topliss-reactive ketones (excluding diaryl/α,β-unsaturated/α-hetero) is 1. The molecule has 0 spiro atoms. The lowest BCUT2D eigenvalue weighted by atomic mass is 9.75. The summed E-state index contributed by atoms with van der Waals surface area (Å²) in [5.41, 5.74) is 1.91. The monoisotopic (exact) mass is 453 g/mol. The van der Waals surface area contributed by atoms with E-state index in [0.29, 0.717) is 5.56 Å². The molecule has 4 rings (SSSR count). The summed E-state index contributed by atoms with van der Waals surface area (Å²) in [6, 6.07) is 26.8. The molecule has 1 aliphatic rings. The fraction of sp³-hybridized carbons (Fsp3) is 0.300. The molecule has 4 heteroatoms. The van der Waals surface area contributed by atoms with Crippen molar-refractivity contribution in [2.75, 3.05) is 0 Å². The Hall–Kier alpha value is -3.53. The Morgan fingerprint density at radius 3 is 1.65 bits per heavy atom. The van der Waals surface area contributed by atoms with Gasteiger partial charge in [-0.25, -0.2) is 0 Å². The van der Waals surface area contributed by atoms with Gasteiger partial charge in [0.1, 0.15) is 5.54 Å². The maximum absolute atomic E-state index is 13.8. The zero-order valence-corrected chi connectivity index (χ0v) is 20.2. The third-order valence-corrected chi connectivity index (χ3v) is 6.82. The van der Waals surface area contributed by atoms with E-state index in [4.69, 9.17) is 0 Å². The predicted octanol–water partition coefficient (Wildman–Crippen LogP) is 5.85. The predicted molar refractivity (Wildman–Crippen MR) is 133 cm³/mol. The number of hydrogen-bond donors (Lipinski definition) is 0. The summed E-state index contributed by atoms with van der Waals surface area (Å²) in [4.78, 5) is 41.5. The third-order valence-electron chi connectivity index (χ3n) is 6.82. The van der Waals surface area contributed by atoms with Crippen molar-refractivity contribution in [2.24, 2.45) is 17.8 Å². The van der Waals surface area contributed by atoms with Gasteiger partial charge in [0.2, 0.25) is 11.8 Å². The summed E-state index contributed by atoms with van der Waals surface area (Å²) in [6.45, 7) is 7.72. The molecule has 1 atom stereocenters. The van der Waals surface area contributed by atoms with Gasteiger partial charge in [0, 0.05) is 23.8 Å². The van der Waals surface area contributed by atoms with E-state index < -0.39 is 5.54 Å². The summed E-state index contributed by atoms with van der Waals surface area (Å²) < 4.78 is 0. The SMILES string of the molecule is CC(C)C(=O)c1ccc(C(c2ccccc2)(c2ccccc2)N2C(=O)CC(C(C)C)C2=O)cc1. The molecular weight excluding hydrogens is 422 g/mol. The van der Waals surface area contributed by atoms with Crippen molar-refractivity contribution in [1.29, 1.82) is 0 Å². The van der Waals surface area contributed by atoms with E-state index in [-0.39, 0.29) is 41.8 Å². The van der Waals surface area contributed by atoms with Crippen LogP contribution in [-0.2, 0) is 15.1 Å². The minimum atomic E-state index is -1.14. The molecular formula is C30H31NO3. The Kier molecular flexibility index (Phi) is 6.52. The maximum atomic E-state index is 13.8. The van der Waals surface area contributed by atoms with Crippen LogP contribution in [-0.4, -0.2) is 22.5 Å². The molecule has 1 heterocycles. The van der Waals surface area contributed by atoms with Crippen LogP contribution in [0, 0.1) is 17.8 Å². The second-order valence-electron chi connectivity index (χ2n) is 9.66. The molecule has 0 radical (unpaired) electrons. The van der Waals surface area contributed by atoms with Gasteiger partial charge in [0.05, 0.1) is 0 Å². The highest BCUT2D eigenvalue weighted by Crippen LogP contribution is 2.46. The van der Waals surface area contributed by atoms with Crippen molar-refractivity contribution in [3.63, 3.8) is 0 Å². The smallest absolute Gasteiger partial charge is 0.234 e. The van der Waals surface area contributed by atoms with Crippen LogP contribution in [0.1, 0.15) is 61.2 Å². The van der Waals surface area contributed by atoms with Crippen molar-refractivity contribution in [1.82, 2.24) is 4.90 Å². The number of nitrogens with zero attached hydrogens (tertiary/aromatic N) is 1. The number of hydrogen-bond acceptors (Lipinski definition) is 3. The standard InChI is InChI=1S/C30H31NO3/c1-20(2)26-19-27(32)31(29(26)34)30(23-11-7-5-8-12-23,24-13-9-6-10-14-24)25-17-15-22(16-18-25)28(33)21(3)4/h5-18,20-21,26H,19H2,1-4H3. The molecule has 1 aliphatic heterocycles. The first-order valence-electron chi connectivity index (χ1n) is 11.9. The highest BCUT2D eigenvalue weighted by molar-refractivity contribution is 6.05. The van der Waals surface area contributed by atoms with Gasteiger partial charge < -0.3 is 0 Å². The summed E-state index contributed by atoms with van der Waals surface area (Å²) in [5, 5.41) is 0. The fourth-order valence-electron chi connectivity index (χ4n) is 4.98. The van der Waals surface area contributed by atoms with Crippen molar-refractivity contribution in [2.45, 2.75) is 39.7 Å². The van der Waals surface area contributed by atoms with E-state index in [1.54, 1.807) is 0 Å². The van der Waals surface area contributed by atoms with E-state index in [1.807, 2.05) is 113 Å². The highest BCUT2D eigenvalue weighted by Gasteiger charge is 2.53. The minimum Gasteiger partial charge on any atom is -0.294 e. The highest BCUT2D eigenvalue weighted by atomic mass is 16.2. The second-order valence-corrected chi connectivity index (χ2v) is 9.66. The van der Waals surface area contributed by atoms with Gasteiger partial charge in [0.15, 0.2) is 5.78 Å². The Labute approximate surface area is 201 Å². The van der Waals surface area contributed by atoms with Gasteiger partial charge in [-0.05, 0) is 22.6 Å². The Balaban J connectivity index is 2.02. The first-order chi connectivity index (χ1) is 16.3. The molecule has 3 aromatic rings. The molecule has 3 aromatic carbocycles. The number of carbonyl (C=O) groups is 3. The second kappa shape index (κ2) is 9.38. The molecule has 34 heavy (non-hydrogen) atoms. The van der Waals surface area contributed by atoms with Crippen LogP contribution in [0.25, 0.3) is 0 Å². The lowest BCUT2D eigenvalue weighted by Gasteiger charge is -2.42. The zero-order chi connectivity index (χ0) is 24.5. The molecule has 0 saturated carbocycles. The topological polar surface area (TPSA) is 54.5 Å². The summed E-state index contributed by atoms with van der Waals surface area (Å²) >= 11 is 0. The molecule has 174 valence electrons. The number of amides is 2. The lowest BCUT2D eigenvalue weighted by Crippen LogP contribution is -2.51. The molecule has 0 aliphatic carbocycles. The number of carbonyl (C=O) groups excluding carboxylic acids is 3. The number of benzene rings is 3. The van der Waals surface area contributed by atoms with Crippen LogP contribution >= 0.6 is 0 Å². The Bertz CT molecular complexity index is 1140. The average molecular weight is 454 g/mol. The van der Waals surface area contributed by atoms with Gasteiger partial charge in [-0.2, -0.15) is 0 Å². The van der Waals surface area contributed by atoms with E-state index in [1.165, 1.54) is 4.90 Å². The van der Waals surface area contributed by atoms with E-state index in [0.717, 1.165) is 16.7 Å². The Morgan fingerprint density at radius 1 is 0.765 bits per heavy atom. The molecule has 0 aromatic heterocycles. The van der Waals surface area contributed by atoms with Crippen molar-refractivity contribution in [3.05, 3.63) is 107 Å². The molecule has 2 amide bonds. The minimum absolute atomic E-state index is 0.0525. The van der Waals surface area contributed by atoms with Gasteiger partial charge in [0.25, 0.3) is 0 Å². The van der Waals surface area contributed by atoms with Crippen LogP contribution in [0.3, 0.4) is 0 Å². The normalized spacial score (nSPS) is 16.5. The first kappa shape index (κ1) is 23.6. The molecule has 0 N–H and O–H groups in total. The largest absolute Gasteiger partial charge is 0.294 e. The number of ketones is 1. The van der Waals surface area contributed by atoms with Crippen molar-refractivity contribution in [3.8, 4) is 0 Å². The summed E-state index contributed by atoms with van der Waals surface area (Å²) in [5.74, 6) is -0.705. The summed E-state index contributed by atoms with van der Waals surface area (Å²) in [7, 11) is 0. The maximum Gasteiger partial charge on any atom is 0.234 e. The lowest BCUT2D eigenvalue weighted by molar-refractivity contribution is -0.144. The quantitative estimate of drug-likeness (QED) is 0.256. The number of rotatable bonds is 7. The van der Waals surface area contributed by atoms with Crippen LogP contribution in [0.2, 0.25) is 0 Å². The van der Waals surface area contributed by atoms with Crippen molar-refractivity contribution < 1.29 is 14.4 Å². The van der Waals surface area contributed by atoms with Crippen LogP contribution in [0.15, 0.2) is 84.9 Å². The summed E-state index contributed by atoms with van der Waals surface area (Å²) in [6.07, 6.45) is 0.196.